The minimum absolute atomic E-state index is 0.265. The quantitative estimate of drug-likeness (QED) is 0.542. The molecule has 5 heteroatoms. The van der Waals surface area contributed by atoms with E-state index in [-0.39, 0.29) is 12.3 Å². The van der Waals surface area contributed by atoms with Gasteiger partial charge in [-0.05, 0) is 54.3 Å². The van der Waals surface area contributed by atoms with Gasteiger partial charge in [0.2, 0.25) is 0 Å². The van der Waals surface area contributed by atoms with Crippen LogP contribution in [0.25, 0.3) is 10.8 Å². The Balaban J connectivity index is 1.66. The Kier molecular flexibility index (Phi) is 4.46. The highest BCUT2D eigenvalue weighted by Gasteiger charge is 2.50. The minimum atomic E-state index is -1.22. The summed E-state index contributed by atoms with van der Waals surface area (Å²) in [5, 5.41) is 4.68. The number of hydrogen-bond donors (Lipinski definition) is 1. The summed E-state index contributed by atoms with van der Waals surface area (Å²) in [6.07, 6.45) is 0. The summed E-state index contributed by atoms with van der Waals surface area (Å²) in [4.78, 5) is 39.7. The molecule has 1 heterocycles. The second-order valence-electron chi connectivity index (χ2n) is 7.70. The second-order valence-corrected chi connectivity index (χ2v) is 7.70. The molecule has 1 saturated heterocycles. The predicted octanol–water partition coefficient (Wildman–Crippen LogP) is 4.11. The van der Waals surface area contributed by atoms with Crippen molar-refractivity contribution in [2.24, 2.45) is 0 Å². The molecule has 0 aliphatic carbocycles. The van der Waals surface area contributed by atoms with Gasteiger partial charge < -0.3 is 5.32 Å². The number of carbonyl (C=O) groups excluding carboxylic acids is 3. The first-order valence-electron chi connectivity index (χ1n) is 9.54. The Bertz CT molecular complexity index is 1160. The van der Waals surface area contributed by atoms with Gasteiger partial charge in [0.15, 0.2) is 5.78 Å². The fourth-order valence-corrected chi connectivity index (χ4v) is 3.83. The highest BCUT2D eigenvalue weighted by atomic mass is 16.2. The molecule has 29 heavy (non-hydrogen) atoms. The van der Waals surface area contributed by atoms with Gasteiger partial charge in [0.1, 0.15) is 5.54 Å². The number of nitrogens with one attached hydrogen (secondary N) is 1. The summed E-state index contributed by atoms with van der Waals surface area (Å²) in [6, 6.07) is 18.2. The smallest absolute Gasteiger partial charge is 0.319 e. The number of rotatable bonds is 4. The molecular weight excluding hydrogens is 364 g/mol. The van der Waals surface area contributed by atoms with E-state index in [2.05, 4.69) is 5.32 Å². The topological polar surface area (TPSA) is 66.5 Å². The molecule has 3 aromatic carbocycles. The van der Waals surface area contributed by atoms with Gasteiger partial charge in [-0.1, -0.05) is 54.6 Å². The fourth-order valence-electron chi connectivity index (χ4n) is 3.83. The molecule has 1 unspecified atom stereocenters. The molecule has 5 nitrogen and oxygen atoms in total. The van der Waals surface area contributed by atoms with E-state index in [1.165, 1.54) is 0 Å². The third-order valence-electron chi connectivity index (χ3n) is 5.73. The maximum atomic E-state index is 13.3. The molecule has 0 radical (unpaired) electrons. The maximum Gasteiger partial charge on any atom is 0.325 e. The van der Waals surface area contributed by atoms with Gasteiger partial charge in [-0.3, -0.25) is 14.5 Å². The second kappa shape index (κ2) is 6.85. The van der Waals surface area contributed by atoms with Crippen molar-refractivity contribution in [2.45, 2.75) is 26.3 Å². The van der Waals surface area contributed by atoms with Crippen molar-refractivity contribution in [1.29, 1.82) is 0 Å². The molecule has 1 atom stereocenters. The number of urea groups is 1. The van der Waals surface area contributed by atoms with E-state index in [9.17, 15) is 14.4 Å². The van der Waals surface area contributed by atoms with Crippen molar-refractivity contribution in [3.63, 3.8) is 0 Å². The molecule has 1 aliphatic rings. The van der Waals surface area contributed by atoms with Crippen LogP contribution < -0.4 is 5.32 Å². The lowest BCUT2D eigenvalue weighted by atomic mass is 9.87. The Morgan fingerprint density at radius 3 is 2.45 bits per heavy atom. The zero-order valence-electron chi connectivity index (χ0n) is 16.7. The maximum absolute atomic E-state index is 13.3. The fraction of sp³-hybridized carbons (Fsp3) is 0.208. The van der Waals surface area contributed by atoms with Crippen LogP contribution in [0.1, 0.15) is 34.0 Å². The number of imide groups is 1. The molecule has 1 N–H and O–H groups in total. The van der Waals surface area contributed by atoms with Gasteiger partial charge in [-0.25, -0.2) is 4.79 Å². The summed E-state index contributed by atoms with van der Waals surface area (Å²) in [5.74, 6) is -0.685. The van der Waals surface area contributed by atoms with E-state index in [4.69, 9.17) is 0 Å². The lowest BCUT2D eigenvalue weighted by Gasteiger charge is -2.24. The first-order chi connectivity index (χ1) is 13.8. The van der Waals surface area contributed by atoms with Crippen LogP contribution >= 0.6 is 0 Å². The molecule has 1 fully saturated rings. The number of nitrogens with zero attached hydrogens (tertiary/aromatic N) is 1. The average Bonchev–Trinajstić information content (AvgIpc) is 2.93. The van der Waals surface area contributed by atoms with Crippen LogP contribution in [0, 0.1) is 13.8 Å². The summed E-state index contributed by atoms with van der Waals surface area (Å²) in [6.45, 7) is 5.30. The van der Waals surface area contributed by atoms with Crippen molar-refractivity contribution >= 4 is 28.5 Å². The molecule has 146 valence electrons. The Morgan fingerprint density at radius 1 is 0.966 bits per heavy atom. The first kappa shape index (κ1) is 18.9. The third kappa shape index (κ3) is 3.09. The van der Waals surface area contributed by atoms with E-state index in [1.54, 1.807) is 19.1 Å². The van der Waals surface area contributed by atoms with Gasteiger partial charge in [-0.15, -0.1) is 0 Å². The molecule has 0 bridgehead atoms. The van der Waals surface area contributed by atoms with Gasteiger partial charge in [-0.2, -0.15) is 0 Å². The monoisotopic (exact) mass is 386 g/mol. The van der Waals surface area contributed by atoms with Crippen LogP contribution in [-0.2, 0) is 10.3 Å². The van der Waals surface area contributed by atoms with Crippen LogP contribution in [-0.4, -0.2) is 29.2 Å². The van der Waals surface area contributed by atoms with Crippen molar-refractivity contribution in [3.8, 4) is 0 Å². The van der Waals surface area contributed by atoms with Crippen LogP contribution in [0.2, 0.25) is 0 Å². The molecule has 0 spiro atoms. The summed E-state index contributed by atoms with van der Waals surface area (Å²) >= 11 is 0. The van der Waals surface area contributed by atoms with Crippen LogP contribution in [0.4, 0.5) is 4.79 Å². The normalized spacial score (nSPS) is 18.9. The largest absolute Gasteiger partial charge is 0.325 e. The van der Waals surface area contributed by atoms with E-state index in [0.29, 0.717) is 5.56 Å². The SMILES string of the molecule is Cc1ccc(C(=O)CN2C(=O)NC(C)(c3cccc4ccccc34)C2=O)cc1C. The number of ketones is 1. The summed E-state index contributed by atoms with van der Waals surface area (Å²) in [5.41, 5.74) is 2.07. The molecule has 1 aliphatic heterocycles. The van der Waals surface area contributed by atoms with E-state index in [0.717, 1.165) is 32.4 Å². The van der Waals surface area contributed by atoms with Gasteiger partial charge >= 0.3 is 6.03 Å². The zero-order chi connectivity index (χ0) is 20.8. The van der Waals surface area contributed by atoms with Gasteiger partial charge in [0.05, 0.1) is 6.54 Å². The number of fused-ring (bicyclic) bond motifs is 1. The Morgan fingerprint density at radius 2 is 1.69 bits per heavy atom. The molecule has 4 rings (SSSR count). The van der Waals surface area contributed by atoms with Crippen LogP contribution in [0.5, 0.6) is 0 Å². The van der Waals surface area contributed by atoms with Crippen molar-refractivity contribution < 1.29 is 14.4 Å². The van der Waals surface area contributed by atoms with E-state index >= 15 is 0 Å². The highest BCUT2D eigenvalue weighted by Crippen LogP contribution is 2.33. The number of Topliss-reactive ketones (excluding diaryl/α,β-unsaturated/α-hetero) is 1. The Hall–Kier alpha value is -3.47. The molecule has 3 aromatic rings. The lowest BCUT2D eigenvalue weighted by Crippen LogP contribution is -2.41. The van der Waals surface area contributed by atoms with E-state index < -0.39 is 17.5 Å². The third-order valence-corrected chi connectivity index (χ3v) is 5.73. The molecule has 0 saturated carbocycles. The average molecular weight is 386 g/mol. The highest BCUT2D eigenvalue weighted by molar-refractivity contribution is 6.12. The minimum Gasteiger partial charge on any atom is -0.319 e. The summed E-state index contributed by atoms with van der Waals surface area (Å²) in [7, 11) is 0. The van der Waals surface area contributed by atoms with Gasteiger partial charge in [0, 0.05) is 5.56 Å². The van der Waals surface area contributed by atoms with Crippen molar-refractivity contribution in [1.82, 2.24) is 10.2 Å². The van der Waals surface area contributed by atoms with Gasteiger partial charge in [0.25, 0.3) is 5.91 Å². The standard InChI is InChI=1S/C24H22N2O3/c1-15-11-12-18(13-16(15)2)21(27)14-26-22(28)24(3,25-23(26)29)20-10-6-8-17-7-4-5-9-19(17)20/h4-13H,14H2,1-3H3,(H,25,29). The van der Waals surface area contributed by atoms with Crippen LogP contribution in [0.15, 0.2) is 60.7 Å². The number of amides is 3. The number of benzene rings is 3. The number of hydrogen-bond acceptors (Lipinski definition) is 3. The molecule has 3 amide bonds. The number of carbonyl (C=O) groups is 3. The van der Waals surface area contributed by atoms with Crippen molar-refractivity contribution in [3.05, 3.63) is 82.9 Å². The lowest BCUT2D eigenvalue weighted by molar-refractivity contribution is -0.130. The van der Waals surface area contributed by atoms with Crippen molar-refractivity contribution in [2.75, 3.05) is 6.54 Å². The number of aryl methyl sites for hydroxylation is 2. The first-order valence-corrected chi connectivity index (χ1v) is 9.54. The molecule has 0 aromatic heterocycles. The van der Waals surface area contributed by atoms with Crippen LogP contribution in [0.3, 0.4) is 0 Å². The zero-order valence-corrected chi connectivity index (χ0v) is 16.7. The molecular formula is C24H22N2O3. The van der Waals surface area contributed by atoms with E-state index in [1.807, 2.05) is 62.4 Å². The predicted molar refractivity (Wildman–Crippen MR) is 112 cm³/mol. The summed E-state index contributed by atoms with van der Waals surface area (Å²) < 4.78 is 0. The Labute approximate surface area is 169 Å².